The molecule has 1 saturated heterocycles. The summed E-state index contributed by atoms with van der Waals surface area (Å²) in [5.41, 5.74) is 2.49. The van der Waals surface area contributed by atoms with Crippen molar-refractivity contribution in [1.82, 2.24) is 20.3 Å². The molecular weight excluding hydrogens is 297 g/mol. The Kier molecular flexibility index (Phi) is 4.90. The molecule has 1 atom stereocenters. The number of halogens is 3. The molecule has 0 spiro atoms. The first-order chi connectivity index (χ1) is 10.3. The largest absolute Gasteiger partial charge is 0.417 e. The number of carbonyl (C=O) groups is 1. The number of alkyl halides is 3. The topological polar surface area (TPSA) is 48.5 Å². The highest BCUT2D eigenvalue weighted by atomic mass is 19.4. The van der Waals surface area contributed by atoms with Crippen LogP contribution < -0.4 is 5.43 Å². The van der Waals surface area contributed by atoms with Crippen LogP contribution >= 0.6 is 0 Å². The summed E-state index contributed by atoms with van der Waals surface area (Å²) in [6.45, 7) is 3.73. The van der Waals surface area contributed by atoms with E-state index < -0.39 is 11.7 Å². The van der Waals surface area contributed by atoms with E-state index in [-0.39, 0.29) is 12.6 Å². The van der Waals surface area contributed by atoms with E-state index in [0.717, 1.165) is 31.8 Å². The average molecular weight is 316 g/mol. The van der Waals surface area contributed by atoms with Crippen molar-refractivity contribution in [2.75, 3.05) is 20.1 Å². The Morgan fingerprint density at radius 1 is 1.50 bits per heavy atom. The monoisotopic (exact) mass is 316 g/mol. The minimum absolute atomic E-state index is 0.142. The van der Waals surface area contributed by atoms with Crippen molar-refractivity contribution >= 4 is 6.03 Å². The predicted octanol–water partition coefficient (Wildman–Crippen LogP) is 2.50. The highest BCUT2D eigenvalue weighted by Gasteiger charge is 2.30. The van der Waals surface area contributed by atoms with Gasteiger partial charge in [-0.05, 0) is 24.5 Å². The Balaban J connectivity index is 1.85. The van der Waals surface area contributed by atoms with Crippen LogP contribution in [-0.2, 0) is 12.7 Å². The summed E-state index contributed by atoms with van der Waals surface area (Å²) in [6, 6.07) is 2.14. The van der Waals surface area contributed by atoms with Crippen LogP contribution in [0.4, 0.5) is 18.0 Å². The van der Waals surface area contributed by atoms with Gasteiger partial charge in [-0.15, -0.1) is 0 Å². The SMILES string of the molecule is CC1CCN(C(=O)N(C)NCc2ccc(C(F)(F)F)cn2)C1. The minimum Gasteiger partial charge on any atom is -0.323 e. The highest BCUT2D eigenvalue weighted by Crippen LogP contribution is 2.28. The fourth-order valence-electron chi connectivity index (χ4n) is 2.28. The number of carbonyl (C=O) groups excluding carboxylic acids is 1. The van der Waals surface area contributed by atoms with Gasteiger partial charge in [0, 0.05) is 26.3 Å². The lowest BCUT2D eigenvalue weighted by Crippen LogP contribution is -2.46. The number of hydrogen-bond acceptors (Lipinski definition) is 3. The molecule has 0 bridgehead atoms. The predicted molar refractivity (Wildman–Crippen MR) is 74.6 cm³/mol. The van der Waals surface area contributed by atoms with Gasteiger partial charge in [0.15, 0.2) is 0 Å². The molecule has 5 nitrogen and oxygen atoms in total. The van der Waals surface area contributed by atoms with Gasteiger partial charge in [0.25, 0.3) is 0 Å². The maximum Gasteiger partial charge on any atom is 0.417 e. The van der Waals surface area contributed by atoms with Crippen molar-refractivity contribution < 1.29 is 18.0 Å². The van der Waals surface area contributed by atoms with Gasteiger partial charge in [-0.3, -0.25) is 9.99 Å². The highest BCUT2D eigenvalue weighted by molar-refractivity contribution is 5.73. The van der Waals surface area contributed by atoms with Gasteiger partial charge in [0.1, 0.15) is 0 Å². The fourth-order valence-corrected chi connectivity index (χ4v) is 2.28. The van der Waals surface area contributed by atoms with E-state index in [2.05, 4.69) is 17.3 Å². The first-order valence-corrected chi connectivity index (χ1v) is 7.05. The van der Waals surface area contributed by atoms with Gasteiger partial charge < -0.3 is 4.90 Å². The van der Waals surface area contributed by atoms with Crippen LogP contribution in [0, 0.1) is 5.92 Å². The van der Waals surface area contributed by atoms with Crippen LogP contribution in [0.25, 0.3) is 0 Å². The lowest BCUT2D eigenvalue weighted by molar-refractivity contribution is -0.137. The summed E-state index contributed by atoms with van der Waals surface area (Å²) < 4.78 is 37.3. The number of likely N-dealkylation sites (tertiary alicyclic amines) is 1. The molecule has 2 amide bonds. The molecule has 1 aromatic heterocycles. The summed E-state index contributed by atoms with van der Waals surface area (Å²) >= 11 is 0. The number of aromatic nitrogens is 1. The van der Waals surface area contributed by atoms with Crippen molar-refractivity contribution in [3.8, 4) is 0 Å². The normalized spacial score (nSPS) is 18.6. The van der Waals surface area contributed by atoms with Crippen LogP contribution in [0.15, 0.2) is 18.3 Å². The van der Waals surface area contributed by atoms with Crippen molar-refractivity contribution in [3.05, 3.63) is 29.6 Å². The molecule has 1 aliphatic heterocycles. The van der Waals surface area contributed by atoms with Crippen LogP contribution in [0.5, 0.6) is 0 Å². The summed E-state index contributed by atoms with van der Waals surface area (Å²) in [5, 5.41) is 1.34. The number of hydrazine groups is 1. The Bertz CT molecular complexity index is 518. The number of hydrogen-bond donors (Lipinski definition) is 1. The second kappa shape index (κ2) is 6.51. The van der Waals surface area contributed by atoms with E-state index in [4.69, 9.17) is 0 Å². The smallest absolute Gasteiger partial charge is 0.323 e. The maximum absolute atomic E-state index is 12.4. The third-order valence-corrected chi connectivity index (χ3v) is 3.63. The molecule has 1 aromatic rings. The number of urea groups is 1. The first-order valence-electron chi connectivity index (χ1n) is 7.05. The standard InChI is InChI=1S/C14H19F3N4O/c1-10-5-6-21(9-10)13(22)20(2)19-8-12-4-3-11(7-18-12)14(15,16)17/h3-4,7,10,19H,5-6,8-9H2,1-2H3. The molecular formula is C14H19F3N4O. The van der Waals surface area contributed by atoms with E-state index in [1.807, 2.05) is 0 Å². The van der Waals surface area contributed by atoms with E-state index in [0.29, 0.717) is 11.6 Å². The molecule has 122 valence electrons. The second-order valence-corrected chi connectivity index (χ2v) is 5.55. The van der Waals surface area contributed by atoms with Crippen molar-refractivity contribution in [1.29, 1.82) is 0 Å². The molecule has 22 heavy (non-hydrogen) atoms. The Labute approximate surface area is 127 Å². The lowest BCUT2D eigenvalue weighted by atomic mass is 10.2. The van der Waals surface area contributed by atoms with E-state index in [9.17, 15) is 18.0 Å². The Morgan fingerprint density at radius 2 is 2.23 bits per heavy atom. The van der Waals surface area contributed by atoms with Gasteiger partial charge >= 0.3 is 12.2 Å². The molecule has 1 fully saturated rings. The fraction of sp³-hybridized carbons (Fsp3) is 0.571. The summed E-state index contributed by atoms with van der Waals surface area (Å²) in [5.74, 6) is 0.494. The van der Waals surface area contributed by atoms with Crippen LogP contribution in [0.1, 0.15) is 24.6 Å². The number of rotatable bonds is 3. The number of nitrogens with zero attached hydrogens (tertiary/aromatic N) is 3. The van der Waals surface area contributed by atoms with Crippen molar-refractivity contribution in [2.45, 2.75) is 26.1 Å². The molecule has 0 aromatic carbocycles. The average Bonchev–Trinajstić information content (AvgIpc) is 2.90. The quantitative estimate of drug-likeness (QED) is 0.872. The summed E-state index contributed by atoms with van der Waals surface area (Å²) in [4.78, 5) is 17.6. The van der Waals surface area contributed by atoms with E-state index >= 15 is 0 Å². The molecule has 8 heteroatoms. The van der Waals surface area contributed by atoms with Crippen LogP contribution in [0.3, 0.4) is 0 Å². The first kappa shape index (κ1) is 16.5. The zero-order chi connectivity index (χ0) is 16.3. The molecule has 1 N–H and O–H groups in total. The molecule has 0 aliphatic carbocycles. The molecule has 2 rings (SSSR count). The second-order valence-electron chi connectivity index (χ2n) is 5.55. The third-order valence-electron chi connectivity index (χ3n) is 3.63. The minimum atomic E-state index is -4.39. The molecule has 1 unspecified atom stereocenters. The Morgan fingerprint density at radius 3 is 2.73 bits per heavy atom. The summed E-state index contributed by atoms with van der Waals surface area (Å²) in [6.07, 6.45) is -2.61. The van der Waals surface area contributed by atoms with Crippen LogP contribution in [-0.4, -0.2) is 41.1 Å². The number of nitrogens with one attached hydrogen (secondary N) is 1. The van der Waals surface area contributed by atoms with Gasteiger partial charge in [0.05, 0.1) is 17.8 Å². The van der Waals surface area contributed by atoms with Gasteiger partial charge in [-0.2, -0.15) is 13.2 Å². The number of pyridine rings is 1. The number of amides is 2. The van der Waals surface area contributed by atoms with E-state index in [1.165, 1.54) is 11.1 Å². The summed E-state index contributed by atoms with van der Waals surface area (Å²) in [7, 11) is 1.59. The van der Waals surface area contributed by atoms with Gasteiger partial charge in [-0.25, -0.2) is 10.2 Å². The molecule has 1 aliphatic rings. The third kappa shape index (κ3) is 4.09. The van der Waals surface area contributed by atoms with Gasteiger partial charge in [0.2, 0.25) is 0 Å². The molecule has 0 radical (unpaired) electrons. The zero-order valence-electron chi connectivity index (χ0n) is 12.5. The molecule has 0 saturated carbocycles. The van der Waals surface area contributed by atoms with Crippen molar-refractivity contribution in [3.63, 3.8) is 0 Å². The zero-order valence-corrected chi connectivity index (χ0v) is 12.5. The Hall–Kier alpha value is -1.83. The maximum atomic E-state index is 12.4. The van der Waals surface area contributed by atoms with E-state index in [1.54, 1.807) is 11.9 Å². The van der Waals surface area contributed by atoms with Crippen molar-refractivity contribution in [2.24, 2.45) is 5.92 Å². The lowest BCUT2D eigenvalue weighted by Gasteiger charge is -2.25. The van der Waals surface area contributed by atoms with Crippen LogP contribution in [0.2, 0.25) is 0 Å². The molecule has 2 heterocycles. The van der Waals surface area contributed by atoms with Gasteiger partial charge in [-0.1, -0.05) is 6.92 Å².